The Kier molecular flexibility index (Phi) is 5.31. The number of fused-ring (bicyclic) bond motifs is 1. The molecule has 0 spiro atoms. The molecule has 7 nitrogen and oxygen atoms in total. The van der Waals surface area contributed by atoms with Gasteiger partial charge in [0.1, 0.15) is 11.3 Å². The number of rotatable bonds is 5. The molecule has 0 saturated carbocycles. The number of imide groups is 1. The van der Waals surface area contributed by atoms with Gasteiger partial charge >= 0.3 is 5.97 Å². The molecule has 7 heteroatoms. The number of carbonyl (C=O) groups excluding carboxylic acids is 3. The molecule has 4 unspecified atom stereocenters. The van der Waals surface area contributed by atoms with E-state index in [0.717, 1.165) is 11.1 Å². The van der Waals surface area contributed by atoms with Gasteiger partial charge in [-0.2, -0.15) is 0 Å². The monoisotopic (exact) mass is 422 g/mol. The molecule has 2 aliphatic heterocycles. The lowest BCUT2D eigenvalue weighted by Gasteiger charge is -2.29. The first kappa shape index (κ1) is 21.1. The summed E-state index contributed by atoms with van der Waals surface area (Å²) in [5.41, 5.74) is 0.971. The number of ether oxygens (including phenoxy) is 2. The summed E-state index contributed by atoms with van der Waals surface area (Å²) in [6, 6.07) is 14.0. The number of esters is 1. The largest absolute Gasteiger partial charge is 0.497 e. The third kappa shape index (κ3) is 3.20. The minimum atomic E-state index is -1.33. The molecule has 2 aromatic carbocycles. The molecule has 1 N–H and O–H groups in total. The molecule has 0 bridgehead atoms. The number of carbonyl (C=O) groups is 3. The van der Waals surface area contributed by atoms with Gasteiger partial charge in [-0.05, 0) is 44.0 Å². The summed E-state index contributed by atoms with van der Waals surface area (Å²) in [7, 11) is 1.53. The van der Waals surface area contributed by atoms with Crippen LogP contribution in [-0.2, 0) is 19.1 Å². The molecular weight excluding hydrogens is 396 g/mol. The molecule has 2 saturated heterocycles. The van der Waals surface area contributed by atoms with Gasteiger partial charge < -0.3 is 9.47 Å². The van der Waals surface area contributed by atoms with Gasteiger partial charge in [0.15, 0.2) is 0 Å². The quantitative estimate of drug-likeness (QED) is 0.589. The Morgan fingerprint density at radius 1 is 1.13 bits per heavy atom. The molecule has 31 heavy (non-hydrogen) atoms. The summed E-state index contributed by atoms with van der Waals surface area (Å²) >= 11 is 0. The van der Waals surface area contributed by atoms with Crippen LogP contribution in [0.5, 0.6) is 5.75 Å². The zero-order valence-electron chi connectivity index (χ0n) is 18.0. The highest BCUT2D eigenvalue weighted by molar-refractivity contribution is 6.24. The second kappa shape index (κ2) is 7.81. The van der Waals surface area contributed by atoms with Gasteiger partial charge in [-0.1, -0.05) is 30.3 Å². The van der Waals surface area contributed by atoms with E-state index in [1.165, 1.54) is 12.0 Å². The lowest BCUT2D eigenvalue weighted by atomic mass is 9.80. The number of amides is 2. The van der Waals surface area contributed by atoms with Crippen molar-refractivity contribution < 1.29 is 23.9 Å². The molecule has 162 valence electrons. The number of hydrogen-bond acceptors (Lipinski definition) is 6. The van der Waals surface area contributed by atoms with Gasteiger partial charge in [0.25, 0.3) is 0 Å². The summed E-state index contributed by atoms with van der Waals surface area (Å²) in [6.45, 7) is 5.51. The van der Waals surface area contributed by atoms with Crippen molar-refractivity contribution in [1.82, 2.24) is 5.32 Å². The predicted molar refractivity (Wildman–Crippen MR) is 115 cm³/mol. The van der Waals surface area contributed by atoms with Gasteiger partial charge in [-0.3, -0.25) is 19.7 Å². The Morgan fingerprint density at radius 2 is 1.87 bits per heavy atom. The fourth-order valence-corrected chi connectivity index (χ4v) is 4.81. The molecule has 4 rings (SSSR count). The van der Waals surface area contributed by atoms with Crippen molar-refractivity contribution in [2.24, 2.45) is 11.8 Å². The third-order valence-corrected chi connectivity index (χ3v) is 6.32. The molecule has 2 amide bonds. The molecule has 4 atom stereocenters. The van der Waals surface area contributed by atoms with E-state index < -0.39 is 35.3 Å². The van der Waals surface area contributed by atoms with E-state index in [2.05, 4.69) is 5.32 Å². The lowest BCUT2D eigenvalue weighted by molar-refractivity contribution is -0.153. The molecular formula is C24H26N2O5. The number of nitrogens with zero attached hydrogens (tertiary/aromatic N) is 1. The van der Waals surface area contributed by atoms with Gasteiger partial charge in [0.05, 0.1) is 31.2 Å². The summed E-state index contributed by atoms with van der Waals surface area (Å²) < 4.78 is 10.6. The minimum Gasteiger partial charge on any atom is -0.497 e. The predicted octanol–water partition coefficient (Wildman–Crippen LogP) is 2.78. The first-order valence-electron chi connectivity index (χ1n) is 10.4. The van der Waals surface area contributed by atoms with Crippen LogP contribution in [-0.4, -0.2) is 37.0 Å². The van der Waals surface area contributed by atoms with E-state index in [9.17, 15) is 14.4 Å². The average Bonchev–Trinajstić information content (AvgIpc) is 3.22. The summed E-state index contributed by atoms with van der Waals surface area (Å²) in [4.78, 5) is 41.4. The Bertz CT molecular complexity index is 1050. The first-order chi connectivity index (χ1) is 14.8. The van der Waals surface area contributed by atoms with Crippen LogP contribution in [0.1, 0.15) is 31.0 Å². The Morgan fingerprint density at radius 3 is 2.55 bits per heavy atom. The van der Waals surface area contributed by atoms with Crippen LogP contribution in [0.4, 0.5) is 5.69 Å². The fraction of sp³-hybridized carbons (Fsp3) is 0.375. The van der Waals surface area contributed by atoms with E-state index in [-0.39, 0.29) is 12.5 Å². The average molecular weight is 422 g/mol. The minimum absolute atomic E-state index is 0.185. The van der Waals surface area contributed by atoms with Crippen molar-refractivity contribution in [2.45, 2.75) is 32.4 Å². The Hall–Kier alpha value is -3.19. The number of anilines is 1. The highest BCUT2D eigenvalue weighted by Crippen LogP contribution is 2.50. The number of methoxy groups -OCH3 is 1. The smallest absolute Gasteiger partial charge is 0.326 e. The second-order valence-corrected chi connectivity index (χ2v) is 8.12. The normalized spacial score (nSPS) is 27.4. The molecule has 2 aromatic rings. The van der Waals surface area contributed by atoms with Crippen molar-refractivity contribution >= 4 is 23.5 Å². The summed E-state index contributed by atoms with van der Waals surface area (Å²) in [6.07, 6.45) is 0. The maximum absolute atomic E-state index is 13.6. The van der Waals surface area contributed by atoms with Gasteiger partial charge in [0.2, 0.25) is 11.8 Å². The number of aryl methyl sites for hydroxylation is 1. The van der Waals surface area contributed by atoms with Gasteiger partial charge in [0, 0.05) is 12.1 Å². The van der Waals surface area contributed by atoms with Crippen molar-refractivity contribution in [2.75, 3.05) is 18.6 Å². The number of benzene rings is 2. The second-order valence-electron chi connectivity index (χ2n) is 8.12. The standard InChI is InChI=1S/C24H26N2O5/c1-5-31-23(29)24(3)19-18(20(25-24)17-12-7-6-9-14(17)2)21(27)26(22(19)28)15-10-8-11-16(13-15)30-4/h6-13,18-20,25H,5H2,1-4H3. The van der Waals surface area contributed by atoms with Crippen molar-refractivity contribution in [3.05, 3.63) is 59.7 Å². The van der Waals surface area contributed by atoms with Crippen LogP contribution < -0.4 is 15.0 Å². The van der Waals surface area contributed by atoms with Crippen molar-refractivity contribution in [1.29, 1.82) is 0 Å². The van der Waals surface area contributed by atoms with E-state index in [1.807, 2.05) is 31.2 Å². The van der Waals surface area contributed by atoms with Crippen LogP contribution in [0, 0.1) is 18.8 Å². The highest BCUT2D eigenvalue weighted by Gasteiger charge is 2.67. The Balaban J connectivity index is 1.83. The van der Waals surface area contributed by atoms with Gasteiger partial charge in [-0.15, -0.1) is 0 Å². The molecule has 0 radical (unpaired) electrons. The lowest BCUT2D eigenvalue weighted by Crippen LogP contribution is -2.54. The summed E-state index contributed by atoms with van der Waals surface area (Å²) in [5.74, 6) is -2.35. The van der Waals surface area contributed by atoms with E-state index >= 15 is 0 Å². The maximum atomic E-state index is 13.6. The van der Waals surface area contributed by atoms with Crippen molar-refractivity contribution in [3.8, 4) is 5.75 Å². The first-order valence-corrected chi connectivity index (χ1v) is 10.4. The van der Waals surface area contributed by atoms with Crippen LogP contribution >= 0.6 is 0 Å². The van der Waals surface area contributed by atoms with Crippen LogP contribution in [0.25, 0.3) is 0 Å². The Labute approximate surface area is 181 Å². The van der Waals surface area contributed by atoms with Crippen molar-refractivity contribution in [3.63, 3.8) is 0 Å². The molecule has 2 aliphatic rings. The maximum Gasteiger partial charge on any atom is 0.326 e. The highest BCUT2D eigenvalue weighted by atomic mass is 16.5. The summed E-state index contributed by atoms with van der Waals surface area (Å²) in [5, 5.41) is 3.30. The SMILES string of the molecule is CCOC(=O)C1(C)NC(c2ccccc2C)C2C(=O)N(c3cccc(OC)c3)C(=O)C21. The topological polar surface area (TPSA) is 84.9 Å². The zero-order valence-corrected chi connectivity index (χ0v) is 18.0. The number of nitrogens with one attached hydrogen (secondary N) is 1. The van der Waals surface area contributed by atoms with Crippen LogP contribution in [0.15, 0.2) is 48.5 Å². The zero-order chi connectivity index (χ0) is 22.3. The molecule has 0 aliphatic carbocycles. The van der Waals surface area contributed by atoms with Gasteiger partial charge in [-0.25, -0.2) is 4.90 Å². The third-order valence-electron chi connectivity index (χ3n) is 6.32. The van der Waals surface area contributed by atoms with Crippen LogP contribution in [0.3, 0.4) is 0 Å². The van der Waals surface area contributed by atoms with E-state index in [1.54, 1.807) is 38.1 Å². The molecule has 2 fully saturated rings. The van der Waals surface area contributed by atoms with E-state index in [4.69, 9.17) is 9.47 Å². The molecule has 0 aromatic heterocycles. The van der Waals surface area contributed by atoms with Crippen LogP contribution in [0.2, 0.25) is 0 Å². The number of hydrogen-bond donors (Lipinski definition) is 1. The van der Waals surface area contributed by atoms with E-state index in [0.29, 0.717) is 11.4 Å². The molecule has 2 heterocycles. The fourth-order valence-electron chi connectivity index (χ4n) is 4.81.